The van der Waals surface area contributed by atoms with Crippen molar-refractivity contribution in [1.82, 2.24) is 13.9 Å². The Labute approximate surface area is 152 Å². The minimum Gasteiger partial charge on any atom is -0.383 e. The molecule has 2 heterocycles. The normalized spacial score (nSPS) is 15.8. The monoisotopic (exact) mass is 365 g/mol. The Balaban J connectivity index is 2.03. The highest BCUT2D eigenvalue weighted by Crippen LogP contribution is 2.32. The maximum Gasteiger partial charge on any atom is 0.358 e. The summed E-state index contributed by atoms with van der Waals surface area (Å²) in [5.74, 6) is -0.0516. The van der Waals surface area contributed by atoms with Crippen LogP contribution >= 0.6 is 11.6 Å². The van der Waals surface area contributed by atoms with Gasteiger partial charge in [0.25, 0.3) is 0 Å². The number of nitrogens with two attached hydrogens (primary N) is 1. The van der Waals surface area contributed by atoms with E-state index in [4.69, 9.17) is 17.3 Å². The molecule has 7 nitrogen and oxygen atoms in total. The zero-order chi connectivity index (χ0) is 18.4. The minimum absolute atomic E-state index is 0.0516. The molecule has 0 amide bonds. The highest BCUT2D eigenvalue weighted by Gasteiger charge is 2.36. The van der Waals surface area contributed by atoms with Crippen LogP contribution in [0.3, 0.4) is 0 Å². The number of fused-ring (bicyclic) bond motifs is 1. The number of hydrogen-bond acceptors (Lipinski definition) is 4. The molecule has 0 bridgehead atoms. The SMILES string of the molecule is N#CC1=C(N)n2c(=O)n(-c3ccccc3)c(=O)n2C1c1ccc(Cl)cc1. The van der Waals surface area contributed by atoms with Crippen LogP contribution in [0, 0.1) is 11.3 Å². The first-order chi connectivity index (χ1) is 12.5. The number of allylic oxidation sites excluding steroid dienone is 1. The topological polar surface area (TPSA) is 98.7 Å². The number of aromatic nitrogens is 3. The van der Waals surface area contributed by atoms with Gasteiger partial charge in [-0.15, -0.1) is 0 Å². The molecule has 1 atom stereocenters. The Morgan fingerprint density at radius 2 is 1.65 bits per heavy atom. The van der Waals surface area contributed by atoms with E-state index in [1.807, 2.05) is 6.07 Å². The summed E-state index contributed by atoms with van der Waals surface area (Å²) < 4.78 is 3.28. The van der Waals surface area contributed by atoms with Gasteiger partial charge >= 0.3 is 11.4 Å². The quantitative estimate of drug-likeness (QED) is 0.747. The van der Waals surface area contributed by atoms with Crippen molar-refractivity contribution in [2.75, 3.05) is 0 Å². The van der Waals surface area contributed by atoms with Crippen molar-refractivity contribution in [2.45, 2.75) is 6.04 Å². The van der Waals surface area contributed by atoms with E-state index in [0.717, 1.165) is 9.25 Å². The molecule has 0 spiro atoms. The summed E-state index contributed by atoms with van der Waals surface area (Å²) in [5.41, 5.74) is 6.05. The molecule has 1 aliphatic heterocycles. The van der Waals surface area contributed by atoms with Gasteiger partial charge in [0.05, 0.1) is 5.69 Å². The lowest BCUT2D eigenvalue weighted by Gasteiger charge is -2.12. The minimum atomic E-state index is -0.789. The number of benzene rings is 2. The molecular formula is C18H12ClN5O2. The lowest BCUT2D eigenvalue weighted by atomic mass is 10.0. The zero-order valence-corrected chi connectivity index (χ0v) is 14.1. The lowest BCUT2D eigenvalue weighted by molar-refractivity contribution is 0.554. The van der Waals surface area contributed by atoms with Gasteiger partial charge in [0, 0.05) is 5.02 Å². The fourth-order valence-corrected chi connectivity index (χ4v) is 3.27. The van der Waals surface area contributed by atoms with Crippen molar-refractivity contribution in [3.05, 3.63) is 91.7 Å². The molecule has 26 heavy (non-hydrogen) atoms. The fourth-order valence-electron chi connectivity index (χ4n) is 3.15. The molecule has 2 N–H and O–H groups in total. The Morgan fingerprint density at radius 1 is 1.00 bits per heavy atom. The zero-order valence-electron chi connectivity index (χ0n) is 13.3. The van der Waals surface area contributed by atoms with E-state index in [9.17, 15) is 14.9 Å². The molecule has 2 aromatic carbocycles. The Morgan fingerprint density at radius 3 is 2.27 bits per heavy atom. The molecule has 4 rings (SSSR count). The van der Waals surface area contributed by atoms with Gasteiger partial charge in [-0.25, -0.2) is 18.8 Å². The summed E-state index contributed by atoms with van der Waals surface area (Å²) in [6.45, 7) is 0. The number of nitriles is 1. The third kappa shape index (κ3) is 2.13. The molecule has 3 aromatic rings. The highest BCUT2D eigenvalue weighted by molar-refractivity contribution is 6.30. The Kier molecular flexibility index (Phi) is 3.56. The van der Waals surface area contributed by atoms with Crippen LogP contribution < -0.4 is 17.1 Å². The summed E-state index contributed by atoms with van der Waals surface area (Å²) >= 11 is 5.93. The van der Waals surface area contributed by atoms with Crippen molar-refractivity contribution in [3.63, 3.8) is 0 Å². The molecule has 0 fully saturated rings. The molecule has 1 unspecified atom stereocenters. The first-order valence-corrected chi connectivity index (χ1v) is 8.10. The van der Waals surface area contributed by atoms with E-state index in [1.54, 1.807) is 54.6 Å². The average molecular weight is 366 g/mol. The van der Waals surface area contributed by atoms with E-state index >= 15 is 0 Å². The fraction of sp³-hybridized carbons (Fsp3) is 0.0556. The molecule has 0 saturated carbocycles. The summed E-state index contributed by atoms with van der Waals surface area (Å²) in [6, 6.07) is 16.5. The van der Waals surface area contributed by atoms with E-state index in [2.05, 4.69) is 0 Å². The van der Waals surface area contributed by atoms with Crippen molar-refractivity contribution in [1.29, 1.82) is 5.26 Å². The maximum absolute atomic E-state index is 13.0. The van der Waals surface area contributed by atoms with Crippen LogP contribution in [-0.2, 0) is 0 Å². The van der Waals surface area contributed by atoms with Crippen LogP contribution in [0.1, 0.15) is 11.6 Å². The average Bonchev–Trinajstić information content (AvgIpc) is 3.09. The molecule has 1 aromatic heterocycles. The summed E-state index contributed by atoms with van der Waals surface area (Å²) in [6.07, 6.45) is 0. The molecule has 0 radical (unpaired) electrons. The second kappa shape index (κ2) is 5.79. The molecule has 128 valence electrons. The molecule has 1 aliphatic rings. The maximum atomic E-state index is 13.0. The number of rotatable bonds is 2. The van der Waals surface area contributed by atoms with Gasteiger partial charge in [0.15, 0.2) is 0 Å². The second-order valence-electron chi connectivity index (χ2n) is 5.76. The largest absolute Gasteiger partial charge is 0.383 e. The smallest absolute Gasteiger partial charge is 0.358 e. The third-order valence-corrected chi connectivity index (χ3v) is 4.57. The summed E-state index contributed by atoms with van der Waals surface area (Å²) in [7, 11) is 0. The number of nitrogens with zero attached hydrogens (tertiary/aromatic N) is 4. The van der Waals surface area contributed by atoms with Crippen LogP contribution in [0.4, 0.5) is 0 Å². The lowest BCUT2D eigenvalue weighted by Crippen LogP contribution is -2.30. The second-order valence-corrected chi connectivity index (χ2v) is 6.19. The van der Waals surface area contributed by atoms with Gasteiger partial charge in [0.2, 0.25) is 0 Å². The van der Waals surface area contributed by atoms with Crippen LogP contribution in [0.15, 0.2) is 69.8 Å². The van der Waals surface area contributed by atoms with Gasteiger partial charge in [-0.2, -0.15) is 9.94 Å². The van der Waals surface area contributed by atoms with Crippen molar-refractivity contribution >= 4 is 17.4 Å². The van der Waals surface area contributed by atoms with Gasteiger partial charge in [-0.05, 0) is 29.8 Å². The van der Waals surface area contributed by atoms with Crippen LogP contribution in [0.25, 0.3) is 11.5 Å². The molecule has 0 saturated heterocycles. The number of halogens is 1. The van der Waals surface area contributed by atoms with Gasteiger partial charge in [-0.3, -0.25) is 0 Å². The predicted octanol–water partition coefficient (Wildman–Crippen LogP) is 1.71. The first kappa shape index (κ1) is 16.0. The standard InChI is InChI=1S/C18H12ClN5O2/c19-12-8-6-11(7-9-12)15-14(10-20)16(21)24-18(26)22(17(25)23(15)24)13-4-2-1-3-5-13/h1-9,15H,21H2. The predicted molar refractivity (Wildman–Crippen MR) is 96.9 cm³/mol. The first-order valence-electron chi connectivity index (χ1n) is 7.72. The number of hydrogen-bond donors (Lipinski definition) is 1. The summed E-state index contributed by atoms with van der Waals surface area (Å²) in [5, 5.41) is 10.1. The van der Waals surface area contributed by atoms with E-state index in [1.165, 1.54) is 4.68 Å². The van der Waals surface area contributed by atoms with Crippen molar-refractivity contribution in [2.24, 2.45) is 5.73 Å². The van der Waals surface area contributed by atoms with E-state index in [-0.39, 0.29) is 11.4 Å². The van der Waals surface area contributed by atoms with Crippen LogP contribution in [-0.4, -0.2) is 13.9 Å². The van der Waals surface area contributed by atoms with Crippen molar-refractivity contribution in [3.8, 4) is 11.8 Å². The highest BCUT2D eigenvalue weighted by atomic mass is 35.5. The van der Waals surface area contributed by atoms with E-state index in [0.29, 0.717) is 16.3 Å². The van der Waals surface area contributed by atoms with Crippen LogP contribution in [0.2, 0.25) is 5.02 Å². The Hall–Kier alpha value is -3.50. The number of para-hydroxylation sites is 1. The molecule has 0 aliphatic carbocycles. The van der Waals surface area contributed by atoms with Gasteiger partial charge in [-0.1, -0.05) is 41.9 Å². The Bertz CT molecular complexity index is 1190. The van der Waals surface area contributed by atoms with E-state index < -0.39 is 17.4 Å². The van der Waals surface area contributed by atoms with Crippen molar-refractivity contribution < 1.29 is 0 Å². The summed E-state index contributed by atoms with van der Waals surface area (Å²) in [4.78, 5) is 25.9. The van der Waals surface area contributed by atoms with Gasteiger partial charge < -0.3 is 5.73 Å². The molecule has 8 heteroatoms. The molecular weight excluding hydrogens is 354 g/mol. The van der Waals surface area contributed by atoms with Gasteiger partial charge in [0.1, 0.15) is 23.5 Å². The van der Waals surface area contributed by atoms with Crippen LogP contribution in [0.5, 0.6) is 0 Å². The third-order valence-electron chi connectivity index (χ3n) is 4.32.